The number of anilines is 2. The van der Waals surface area contributed by atoms with Gasteiger partial charge < -0.3 is 10.2 Å². The Hall–Kier alpha value is -3.01. The lowest BCUT2D eigenvalue weighted by atomic mass is 10.1. The molecular weight excluding hydrogens is 474 g/mol. The molecular formula is C24H26ClN5O3S. The Bertz CT molecular complexity index is 1260. The Morgan fingerprint density at radius 1 is 0.941 bits per heavy atom. The van der Waals surface area contributed by atoms with Crippen LogP contribution in [0.4, 0.5) is 11.5 Å². The Morgan fingerprint density at radius 2 is 1.62 bits per heavy atom. The van der Waals surface area contributed by atoms with Crippen molar-refractivity contribution < 1.29 is 13.2 Å². The predicted molar refractivity (Wildman–Crippen MR) is 133 cm³/mol. The minimum atomic E-state index is -3.63. The van der Waals surface area contributed by atoms with Crippen molar-refractivity contribution in [2.45, 2.75) is 18.7 Å². The number of hydrogen-bond acceptors (Lipinski definition) is 6. The summed E-state index contributed by atoms with van der Waals surface area (Å²) in [7, 11) is -3.63. The Kier molecular flexibility index (Phi) is 7.16. The topological polar surface area (TPSA) is 95.5 Å². The van der Waals surface area contributed by atoms with Gasteiger partial charge in [-0.2, -0.15) is 4.31 Å². The number of amides is 1. The summed E-state index contributed by atoms with van der Waals surface area (Å²) in [6.07, 6.45) is 0. The number of piperazine rings is 1. The first-order chi connectivity index (χ1) is 16.3. The average molecular weight is 500 g/mol. The Balaban J connectivity index is 1.39. The molecule has 0 unspecified atom stereocenters. The van der Waals surface area contributed by atoms with Crippen LogP contribution in [0, 0.1) is 5.92 Å². The van der Waals surface area contributed by atoms with Gasteiger partial charge >= 0.3 is 0 Å². The molecule has 0 radical (unpaired) electrons. The summed E-state index contributed by atoms with van der Waals surface area (Å²) in [6, 6.07) is 17.5. The average Bonchev–Trinajstić information content (AvgIpc) is 2.85. The second-order valence-corrected chi connectivity index (χ2v) is 10.7. The van der Waals surface area contributed by atoms with E-state index in [4.69, 9.17) is 11.6 Å². The van der Waals surface area contributed by atoms with Gasteiger partial charge in [-0.3, -0.25) is 4.79 Å². The second kappa shape index (κ2) is 10.1. The molecule has 0 atom stereocenters. The largest absolute Gasteiger partial charge is 0.352 e. The molecule has 1 saturated heterocycles. The Labute approximate surface area is 204 Å². The number of hydrogen-bond donors (Lipinski definition) is 1. The van der Waals surface area contributed by atoms with Crippen LogP contribution in [0.3, 0.4) is 0 Å². The first-order valence-corrected chi connectivity index (χ1v) is 12.8. The highest BCUT2D eigenvalue weighted by Gasteiger charge is 2.29. The number of sulfonamides is 1. The quantitative estimate of drug-likeness (QED) is 0.552. The van der Waals surface area contributed by atoms with Crippen LogP contribution < -0.4 is 10.2 Å². The summed E-state index contributed by atoms with van der Waals surface area (Å²) in [5, 5.41) is 12.0. The first-order valence-electron chi connectivity index (χ1n) is 11.0. The van der Waals surface area contributed by atoms with Crippen LogP contribution in [0.1, 0.15) is 13.8 Å². The molecule has 1 aliphatic rings. The molecule has 8 nitrogen and oxygen atoms in total. The van der Waals surface area contributed by atoms with E-state index in [1.54, 1.807) is 32.0 Å². The van der Waals surface area contributed by atoms with E-state index in [0.717, 1.165) is 5.56 Å². The molecule has 2 aromatic carbocycles. The van der Waals surface area contributed by atoms with Crippen LogP contribution in [0.5, 0.6) is 0 Å². The number of carbonyl (C=O) groups excluding carboxylic acids is 1. The molecule has 2 heterocycles. The number of benzene rings is 2. The minimum Gasteiger partial charge on any atom is -0.352 e. The van der Waals surface area contributed by atoms with Crippen molar-refractivity contribution in [2.24, 2.45) is 5.92 Å². The third-order valence-electron chi connectivity index (χ3n) is 5.65. The smallest absolute Gasteiger partial charge is 0.243 e. The lowest BCUT2D eigenvalue weighted by Gasteiger charge is -2.34. The maximum Gasteiger partial charge on any atom is 0.243 e. The lowest BCUT2D eigenvalue weighted by Crippen LogP contribution is -2.49. The van der Waals surface area contributed by atoms with E-state index in [1.807, 2.05) is 35.2 Å². The maximum absolute atomic E-state index is 13.1. The number of carbonyl (C=O) groups is 1. The van der Waals surface area contributed by atoms with E-state index in [2.05, 4.69) is 15.5 Å². The highest BCUT2D eigenvalue weighted by Crippen LogP contribution is 2.27. The van der Waals surface area contributed by atoms with Gasteiger partial charge in [0, 0.05) is 43.3 Å². The molecule has 4 rings (SSSR count). The number of aromatic nitrogens is 2. The van der Waals surface area contributed by atoms with E-state index in [9.17, 15) is 13.2 Å². The normalized spacial score (nSPS) is 14.9. The fourth-order valence-electron chi connectivity index (χ4n) is 3.61. The van der Waals surface area contributed by atoms with E-state index < -0.39 is 10.0 Å². The SMILES string of the molecule is CC(C)C(=O)Nc1ccc(S(=O)(=O)N2CCN(c3ccc(-c4ccccc4Cl)nn3)CC2)cc1. The summed E-state index contributed by atoms with van der Waals surface area (Å²) < 4.78 is 27.6. The van der Waals surface area contributed by atoms with Crippen molar-refractivity contribution in [3.8, 4) is 11.3 Å². The maximum atomic E-state index is 13.1. The van der Waals surface area contributed by atoms with Crippen LogP contribution in [-0.4, -0.2) is 55.0 Å². The molecule has 3 aromatic rings. The molecule has 0 spiro atoms. The van der Waals surface area contributed by atoms with Gasteiger partial charge in [-0.15, -0.1) is 10.2 Å². The van der Waals surface area contributed by atoms with Gasteiger partial charge in [-0.1, -0.05) is 43.6 Å². The van der Waals surface area contributed by atoms with Crippen LogP contribution in [0.2, 0.25) is 5.02 Å². The summed E-state index contributed by atoms with van der Waals surface area (Å²) in [6.45, 7) is 5.27. The molecule has 0 saturated carbocycles. The van der Waals surface area contributed by atoms with Crippen molar-refractivity contribution >= 4 is 39.0 Å². The summed E-state index contributed by atoms with van der Waals surface area (Å²) in [5.74, 6) is 0.421. The van der Waals surface area contributed by atoms with Gasteiger partial charge in [0.1, 0.15) is 0 Å². The van der Waals surface area contributed by atoms with Crippen LogP contribution in [-0.2, 0) is 14.8 Å². The van der Waals surface area contributed by atoms with Gasteiger partial charge in [-0.25, -0.2) is 8.42 Å². The summed E-state index contributed by atoms with van der Waals surface area (Å²) in [4.78, 5) is 14.1. The zero-order valence-corrected chi connectivity index (χ0v) is 20.6. The van der Waals surface area contributed by atoms with Gasteiger partial charge in [0.2, 0.25) is 15.9 Å². The monoisotopic (exact) mass is 499 g/mol. The fraction of sp³-hybridized carbons (Fsp3) is 0.292. The number of halogens is 1. The second-order valence-electron chi connectivity index (χ2n) is 8.32. The van der Waals surface area contributed by atoms with Crippen molar-refractivity contribution in [2.75, 3.05) is 36.4 Å². The molecule has 178 valence electrons. The third kappa shape index (κ3) is 5.22. The highest BCUT2D eigenvalue weighted by molar-refractivity contribution is 7.89. The van der Waals surface area contributed by atoms with E-state index in [1.165, 1.54) is 16.4 Å². The molecule has 1 amide bonds. The van der Waals surface area contributed by atoms with Gasteiger partial charge in [0.25, 0.3) is 0 Å². The van der Waals surface area contributed by atoms with Crippen LogP contribution in [0.25, 0.3) is 11.3 Å². The number of nitrogens with one attached hydrogen (secondary N) is 1. The molecule has 10 heteroatoms. The highest BCUT2D eigenvalue weighted by atomic mass is 35.5. The van der Waals surface area contributed by atoms with Crippen molar-refractivity contribution in [3.05, 3.63) is 65.7 Å². The number of rotatable bonds is 6. The standard InChI is InChI=1S/C24H26ClN5O3S/c1-17(2)24(31)26-18-7-9-19(10-8-18)34(32,33)30-15-13-29(14-16-30)23-12-11-22(27-28-23)20-5-3-4-6-21(20)25/h3-12,17H,13-16H2,1-2H3,(H,26,31). The molecule has 0 bridgehead atoms. The van der Waals surface area contributed by atoms with Crippen LogP contribution in [0.15, 0.2) is 65.6 Å². The number of nitrogens with zero attached hydrogens (tertiary/aromatic N) is 4. The van der Waals surface area contributed by atoms with E-state index in [0.29, 0.717) is 48.4 Å². The van der Waals surface area contributed by atoms with Gasteiger partial charge in [0.05, 0.1) is 15.6 Å². The molecule has 1 N–H and O–H groups in total. The van der Waals surface area contributed by atoms with E-state index >= 15 is 0 Å². The zero-order valence-electron chi connectivity index (χ0n) is 19.0. The summed E-state index contributed by atoms with van der Waals surface area (Å²) in [5.41, 5.74) is 2.07. The Morgan fingerprint density at radius 3 is 2.21 bits per heavy atom. The van der Waals surface area contributed by atoms with Crippen molar-refractivity contribution in [3.63, 3.8) is 0 Å². The van der Waals surface area contributed by atoms with Crippen molar-refractivity contribution in [1.29, 1.82) is 0 Å². The van der Waals surface area contributed by atoms with Gasteiger partial charge in [-0.05, 0) is 42.5 Å². The summed E-state index contributed by atoms with van der Waals surface area (Å²) >= 11 is 6.24. The lowest BCUT2D eigenvalue weighted by molar-refractivity contribution is -0.118. The first kappa shape index (κ1) is 24.1. The predicted octanol–water partition coefficient (Wildman–Crippen LogP) is 3.90. The molecule has 1 aliphatic heterocycles. The zero-order chi connectivity index (χ0) is 24.3. The van der Waals surface area contributed by atoms with Crippen molar-refractivity contribution in [1.82, 2.24) is 14.5 Å². The fourth-order valence-corrected chi connectivity index (χ4v) is 5.26. The third-order valence-corrected chi connectivity index (χ3v) is 7.89. The van der Waals surface area contributed by atoms with Gasteiger partial charge in [0.15, 0.2) is 5.82 Å². The molecule has 0 aliphatic carbocycles. The van der Waals surface area contributed by atoms with E-state index in [-0.39, 0.29) is 16.7 Å². The minimum absolute atomic E-state index is 0.116. The molecule has 34 heavy (non-hydrogen) atoms. The molecule has 1 fully saturated rings. The van der Waals surface area contributed by atoms with Crippen LogP contribution >= 0.6 is 11.6 Å². The molecule has 1 aromatic heterocycles.